The summed E-state index contributed by atoms with van der Waals surface area (Å²) in [5, 5.41) is 0. The van der Waals surface area contributed by atoms with Gasteiger partial charge in [-0.1, -0.05) is 13.8 Å². The Morgan fingerprint density at radius 1 is 1.15 bits per heavy atom. The predicted octanol–water partition coefficient (Wildman–Crippen LogP) is 2.97. The molecule has 0 radical (unpaired) electrons. The van der Waals surface area contributed by atoms with E-state index >= 15 is 0 Å². The van der Waals surface area contributed by atoms with E-state index in [0.29, 0.717) is 12.0 Å². The van der Waals surface area contributed by atoms with Gasteiger partial charge in [0.25, 0.3) is 0 Å². The summed E-state index contributed by atoms with van der Waals surface area (Å²) in [6.07, 6.45) is 7.34. The van der Waals surface area contributed by atoms with Gasteiger partial charge in [-0.05, 0) is 55.8 Å². The van der Waals surface area contributed by atoms with E-state index in [0.717, 1.165) is 44.0 Å². The molecule has 1 aliphatic carbocycles. The molecule has 0 aromatic rings. The first-order valence-corrected chi connectivity index (χ1v) is 8.57. The minimum atomic E-state index is 0.0351. The van der Waals surface area contributed by atoms with Crippen molar-refractivity contribution in [1.82, 2.24) is 0 Å². The zero-order chi connectivity index (χ0) is 14.2. The van der Waals surface area contributed by atoms with E-state index in [1.165, 1.54) is 32.1 Å². The van der Waals surface area contributed by atoms with Crippen LogP contribution in [-0.4, -0.2) is 31.5 Å². The Bertz CT molecular complexity index is 325. The molecule has 0 aromatic carbocycles. The summed E-state index contributed by atoms with van der Waals surface area (Å²) in [6.45, 7) is 7.32. The Balaban J connectivity index is 1.67. The van der Waals surface area contributed by atoms with Crippen molar-refractivity contribution in [1.29, 1.82) is 0 Å². The fourth-order valence-corrected chi connectivity index (χ4v) is 4.70. The molecule has 0 amide bonds. The molecule has 1 saturated carbocycles. The highest BCUT2D eigenvalue weighted by Gasteiger charge is 2.45. The SMILES string of the molecule is CC(C)C1CCC(N)C(C2CCOC3(CCOC3)C2)C1. The minimum absolute atomic E-state index is 0.0351. The van der Waals surface area contributed by atoms with Crippen LogP contribution in [0.2, 0.25) is 0 Å². The molecule has 1 spiro atoms. The van der Waals surface area contributed by atoms with Crippen LogP contribution in [0.1, 0.15) is 52.4 Å². The maximum Gasteiger partial charge on any atom is 0.0939 e. The van der Waals surface area contributed by atoms with E-state index in [4.69, 9.17) is 15.2 Å². The summed E-state index contributed by atoms with van der Waals surface area (Å²) in [7, 11) is 0. The highest BCUT2D eigenvalue weighted by molar-refractivity contribution is 4.96. The predicted molar refractivity (Wildman–Crippen MR) is 80.5 cm³/mol. The zero-order valence-electron chi connectivity index (χ0n) is 13.1. The van der Waals surface area contributed by atoms with Crippen LogP contribution in [0, 0.1) is 23.7 Å². The molecule has 0 aromatic heterocycles. The zero-order valence-corrected chi connectivity index (χ0v) is 13.1. The van der Waals surface area contributed by atoms with Gasteiger partial charge in [0.05, 0.1) is 12.2 Å². The van der Waals surface area contributed by atoms with Gasteiger partial charge in [-0.3, -0.25) is 0 Å². The van der Waals surface area contributed by atoms with Crippen molar-refractivity contribution in [3.05, 3.63) is 0 Å². The normalized spacial score (nSPS) is 46.2. The average molecular weight is 281 g/mol. The van der Waals surface area contributed by atoms with E-state index in [2.05, 4.69) is 13.8 Å². The van der Waals surface area contributed by atoms with Gasteiger partial charge in [-0.25, -0.2) is 0 Å². The highest BCUT2D eigenvalue weighted by Crippen LogP contribution is 2.44. The molecule has 2 N–H and O–H groups in total. The summed E-state index contributed by atoms with van der Waals surface area (Å²) >= 11 is 0. The first kappa shape index (κ1) is 14.8. The molecule has 3 fully saturated rings. The van der Waals surface area contributed by atoms with Crippen molar-refractivity contribution in [3.63, 3.8) is 0 Å². The van der Waals surface area contributed by atoms with Crippen molar-refractivity contribution < 1.29 is 9.47 Å². The van der Waals surface area contributed by atoms with Crippen molar-refractivity contribution in [2.45, 2.75) is 64.0 Å². The second-order valence-electron chi connectivity index (χ2n) is 7.73. The Labute approximate surface area is 123 Å². The average Bonchev–Trinajstić information content (AvgIpc) is 2.87. The van der Waals surface area contributed by atoms with E-state index in [9.17, 15) is 0 Å². The quantitative estimate of drug-likeness (QED) is 0.846. The molecule has 5 atom stereocenters. The lowest BCUT2D eigenvalue weighted by Crippen LogP contribution is -2.48. The largest absolute Gasteiger partial charge is 0.378 e. The number of hydrogen-bond donors (Lipinski definition) is 1. The van der Waals surface area contributed by atoms with Gasteiger partial charge < -0.3 is 15.2 Å². The lowest BCUT2D eigenvalue weighted by molar-refractivity contribution is -0.112. The molecular weight excluding hydrogens is 250 g/mol. The topological polar surface area (TPSA) is 44.5 Å². The smallest absolute Gasteiger partial charge is 0.0939 e. The van der Waals surface area contributed by atoms with Crippen LogP contribution in [0.25, 0.3) is 0 Å². The first-order chi connectivity index (χ1) is 9.60. The Kier molecular flexibility index (Phi) is 4.40. The second kappa shape index (κ2) is 5.94. The Morgan fingerprint density at radius 3 is 2.70 bits per heavy atom. The van der Waals surface area contributed by atoms with E-state index in [-0.39, 0.29) is 5.60 Å². The molecule has 5 unspecified atom stereocenters. The van der Waals surface area contributed by atoms with Crippen LogP contribution in [0.3, 0.4) is 0 Å². The van der Waals surface area contributed by atoms with Crippen molar-refractivity contribution in [3.8, 4) is 0 Å². The van der Waals surface area contributed by atoms with Gasteiger partial charge in [0.1, 0.15) is 0 Å². The van der Waals surface area contributed by atoms with Gasteiger partial charge in [-0.15, -0.1) is 0 Å². The van der Waals surface area contributed by atoms with Crippen LogP contribution in [-0.2, 0) is 9.47 Å². The Morgan fingerprint density at radius 2 is 2.00 bits per heavy atom. The summed E-state index contributed by atoms with van der Waals surface area (Å²) in [5.74, 6) is 3.13. The molecule has 3 aliphatic rings. The van der Waals surface area contributed by atoms with Crippen LogP contribution in [0.15, 0.2) is 0 Å². The molecule has 2 saturated heterocycles. The van der Waals surface area contributed by atoms with E-state index in [1.54, 1.807) is 0 Å². The number of hydrogen-bond acceptors (Lipinski definition) is 3. The molecule has 0 bridgehead atoms. The molecule has 20 heavy (non-hydrogen) atoms. The lowest BCUT2D eigenvalue weighted by atomic mass is 9.66. The first-order valence-electron chi connectivity index (χ1n) is 8.57. The fraction of sp³-hybridized carbons (Fsp3) is 1.00. The van der Waals surface area contributed by atoms with Gasteiger partial charge in [0.2, 0.25) is 0 Å². The van der Waals surface area contributed by atoms with Gasteiger partial charge >= 0.3 is 0 Å². The standard InChI is InChI=1S/C17H31NO2/c1-12(2)13-3-4-16(18)15(9-13)14-5-7-20-17(10-14)6-8-19-11-17/h12-16H,3-11,18H2,1-2H3. The molecule has 3 nitrogen and oxygen atoms in total. The molecule has 3 heteroatoms. The maximum atomic E-state index is 6.49. The van der Waals surface area contributed by atoms with Crippen molar-refractivity contribution in [2.24, 2.45) is 29.4 Å². The van der Waals surface area contributed by atoms with Crippen LogP contribution < -0.4 is 5.73 Å². The van der Waals surface area contributed by atoms with E-state index < -0.39 is 0 Å². The van der Waals surface area contributed by atoms with Crippen LogP contribution >= 0.6 is 0 Å². The second-order valence-corrected chi connectivity index (χ2v) is 7.73. The van der Waals surface area contributed by atoms with Gasteiger partial charge in [0.15, 0.2) is 0 Å². The third-order valence-corrected chi connectivity index (χ3v) is 6.14. The Hall–Kier alpha value is -0.120. The third kappa shape index (κ3) is 2.90. The van der Waals surface area contributed by atoms with Crippen LogP contribution in [0.4, 0.5) is 0 Å². The number of rotatable bonds is 2. The fourth-order valence-electron chi connectivity index (χ4n) is 4.70. The molecule has 2 heterocycles. The summed E-state index contributed by atoms with van der Waals surface area (Å²) < 4.78 is 11.7. The van der Waals surface area contributed by atoms with Crippen molar-refractivity contribution in [2.75, 3.05) is 19.8 Å². The minimum Gasteiger partial charge on any atom is -0.378 e. The van der Waals surface area contributed by atoms with Gasteiger partial charge in [-0.2, -0.15) is 0 Å². The van der Waals surface area contributed by atoms with E-state index in [1.807, 2.05) is 0 Å². The monoisotopic (exact) mass is 281 g/mol. The van der Waals surface area contributed by atoms with Gasteiger partial charge in [0, 0.05) is 25.7 Å². The van der Waals surface area contributed by atoms with Crippen molar-refractivity contribution >= 4 is 0 Å². The summed E-state index contributed by atoms with van der Waals surface area (Å²) in [4.78, 5) is 0. The lowest BCUT2D eigenvalue weighted by Gasteiger charge is -2.45. The molecular formula is C17H31NO2. The highest BCUT2D eigenvalue weighted by atomic mass is 16.6. The summed E-state index contributed by atoms with van der Waals surface area (Å²) in [5.41, 5.74) is 6.52. The van der Waals surface area contributed by atoms with Crippen LogP contribution in [0.5, 0.6) is 0 Å². The third-order valence-electron chi connectivity index (χ3n) is 6.14. The molecule has 3 rings (SSSR count). The molecule has 2 aliphatic heterocycles. The maximum absolute atomic E-state index is 6.49. The number of ether oxygens (including phenoxy) is 2. The number of nitrogens with two attached hydrogens (primary N) is 1. The molecule has 116 valence electrons. The summed E-state index contributed by atoms with van der Waals surface area (Å²) in [6, 6.07) is 0.410.